The second-order valence-electron chi connectivity index (χ2n) is 7.42. The Balaban J connectivity index is 1.65. The number of benzene rings is 1. The molecule has 1 aromatic carbocycles. The van der Waals surface area contributed by atoms with E-state index in [1.54, 1.807) is 0 Å². The fourth-order valence-corrected chi connectivity index (χ4v) is 5.18. The van der Waals surface area contributed by atoms with Crippen LogP contribution < -0.4 is 11.1 Å². The van der Waals surface area contributed by atoms with Gasteiger partial charge in [-0.05, 0) is 24.6 Å². The van der Waals surface area contributed by atoms with Crippen LogP contribution in [0.1, 0.15) is 41.5 Å². The van der Waals surface area contributed by atoms with E-state index in [-0.39, 0.29) is 29.0 Å². The number of hydrogen-bond acceptors (Lipinski definition) is 7. The van der Waals surface area contributed by atoms with Crippen molar-refractivity contribution in [1.29, 1.82) is 0 Å². The van der Waals surface area contributed by atoms with Crippen LogP contribution in [0.4, 0.5) is 18.9 Å². The van der Waals surface area contributed by atoms with Crippen LogP contribution in [-0.4, -0.2) is 39.5 Å². The lowest BCUT2D eigenvalue weighted by Gasteiger charge is -2.46. The van der Waals surface area contributed by atoms with Gasteiger partial charge in [0.25, 0.3) is 12.3 Å². The van der Waals surface area contributed by atoms with Crippen molar-refractivity contribution in [3.05, 3.63) is 53.4 Å². The first-order chi connectivity index (χ1) is 14.8. The standard InChI is InChI=1S/C20H20F3N5O2S/c1-10-12-4-5-30-9-20(12,28-19(24)31-10)13-6-11(2-3-14(13)21)27-18(29)16-8-25-15(7-26-16)17(22)23/h2-3,6-8,10,12,17H,4-5,9H2,1H3,(H2,24,28)(H,27,29)/t10-,12+,20+/m1/s1. The molecule has 7 nitrogen and oxygen atoms in total. The monoisotopic (exact) mass is 451 g/mol. The zero-order valence-electron chi connectivity index (χ0n) is 16.5. The van der Waals surface area contributed by atoms with E-state index >= 15 is 0 Å². The predicted octanol–water partition coefficient (Wildman–Crippen LogP) is 3.49. The predicted molar refractivity (Wildman–Crippen MR) is 111 cm³/mol. The fraction of sp³-hybridized carbons (Fsp3) is 0.400. The van der Waals surface area contributed by atoms with Crippen LogP contribution in [-0.2, 0) is 10.3 Å². The number of halogens is 3. The Morgan fingerprint density at radius 3 is 2.87 bits per heavy atom. The molecule has 3 atom stereocenters. The molecular weight excluding hydrogens is 431 g/mol. The van der Waals surface area contributed by atoms with Gasteiger partial charge >= 0.3 is 0 Å². The number of amides is 1. The van der Waals surface area contributed by atoms with Crippen LogP contribution in [0.25, 0.3) is 0 Å². The summed E-state index contributed by atoms with van der Waals surface area (Å²) in [5.41, 5.74) is 4.96. The summed E-state index contributed by atoms with van der Waals surface area (Å²) in [6.07, 6.45) is -0.265. The van der Waals surface area contributed by atoms with Crippen LogP contribution in [0.3, 0.4) is 0 Å². The summed E-state index contributed by atoms with van der Waals surface area (Å²) in [4.78, 5) is 24.3. The quantitative estimate of drug-likeness (QED) is 0.738. The van der Waals surface area contributed by atoms with E-state index in [2.05, 4.69) is 20.3 Å². The normalized spacial score (nSPS) is 25.6. The number of nitrogens with two attached hydrogens (primary N) is 1. The lowest BCUT2D eigenvalue weighted by atomic mass is 9.74. The molecule has 31 heavy (non-hydrogen) atoms. The molecule has 4 rings (SSSR count). The number of nitrogens with one attached hydrogen (secondary N) is 1. The van der Waals surface area contributed by atoms with Gasteiger partial charge in [0.2, 0.25) is 0 Å². The molecule has 1 aromatic heterocycles. The maximum absolute atomic E-state index is 15.0. The van der Waals surface area contributed by atoms with Crippen LogP contribution in [0.2, 0.25) is 0 Å². The highest BCUT2D eigenvalue weighted by molar-refractivity contribution is 8.14. The maximum Gasteiger partial charge on any atom is 0.281 e. The first kappa shape index (κ1) is 21.6. The van der Waals surface area contributed by atoms with E-state index in [4.69, 9.17) is 10.5 Å². The highest BCUT2D eigenvalue weighted by atomic mass is 32.2. The summed E-state index contributed by atoms with van der Waals surface area (Å²) in [5.74, 6) is -1.13. The summed E-state index contributed by atoms with van der Waals surface area (Å²) < 4.78 is 45.9. The minimum atomic E-state index is -2.78. The molecule has 0 aliphatic carbocycles. The Bertz CT molecular complexity index is 1020. The number of ether oxygens (including phenoxy) is 1. The molecule has 0 spiro atoms. The van der Waals surface area contributed by atoms with Gasteiger partial charge in [-0.3, -0.25) is 9.78 Å². The van der Waals surface area contributed by atoms with Gasteiger partial charge in [0.15, 0.2) is 5.17 Å². The summed E-state index contributed by atoms with van der Waals surface area (Å²) in [6, 6.07) is 4.16. The van der Waals surface area contributed by atoms with Gasteiger partial charge in [0.1, 0.15) is 22.7 Å². The number of rotatable bonds is 4. The SMILES string of the molecule is C[C@H]1SC(N)=N[C@@]2(c3cc(NC(=O)c4cnc(C(F)F)cn4)ccc3F)COCC[C@@H]12. The molecular formula is C20H20F3N5O2S. The minimum Gasteiger partial charge on any atom is -0.379 e. The van der Waals surface area contributed by atoms with E-state index in [1.807, 2.05) is 6.92 Å². The highest BCUT2D eigenvalue weighted by Gasteiger charge is 2.50. The maximum atomic E-state index is 15.0. The number of aromatic nitrogens is 2. The Kier molecular flexibility index (Phi) is 5.89. The Morgan fingerprint density at radius 1 is 1.35 bits per heavy atom. The third-order valence-corrected chi connectivity index (χ3v) is 6.54. The summed E-state index contributed by atoms with van der Waals surface area (Å²) >= 11 is 1.45. The first-order valence-corrected chi connectivity index (χ1v) is 10.5. The number of amidine groups is 1. The number of anilines is 1. The average molecular weight is 451 g/mol. The van der Waals surface area contributed by atoms with Crippen LogP contribution in [0, 0.1) is 11.7 Å². The molecule has 0 unspecified atom stereocenters. The van der Waals surface area contributed by atoms with E-state index in [1.165, 1.54) is 30.0 Å². The Hall–Kier alpha value is -2.66. The third-order valence-electron chi connectivity index (χ3n) is 5.51. The van der Waals surface area contributed by atoms with Crippen molar-refractivity contribution in [2.75, 3.05) is 18.5 Å². The van der Waals surface area contributed by atoms with Crippen molar-refractivity contribution in [3.63, 3.8) is 0 Å². The van der Waals surface area contributed by atoms with Gasteiger partial charge in [0, 0.05) is 29.0 Å². The number of aliphatic imine (C=N–C) groups is 1. The summed E-state index contributed by atoms with van der Waals surface area (Å²) in [5, 5.41) is 3.08. The van der Waals surface area contributed by atoms with Gasteiger partial charge in [0.05, 0.1) is 19.0 Å². The molecule has 3 N–H and O–H groups in total. The van der Waals surface area contributed by atoms with Crippen LogP contribution in [0.15, 0.2) is 35.6 Å². The van der Waals surface area contributed by atoms with Crippen molar-refractivity contribution in [2.45, 2.75) is 30.6 Å². The van der Waals surface area contributed by atoms with Gasteiger partial charge in [-0.2, -0.15) is 0 Å². The minimum absolute atomic E-state index is 0.00626. The Morgan fingerprint density at radius 2 is 2.16 bits per heavy atom. The molecule has 1 fully saturated rings. The highest BCUT2D eigenvalue weighted by Crippen LogP contribution is 2.48. The van der Waals surface area contributed by atoms with Crippen molar-refractivity contribution in [3.8, 4) is 0 Å². The molecule has 0 bridgehead atoms. The molecule has 2 aromatic rings. The fourth-order valence-electron chi connectivity index (χ4n) is 4.05. The summed E-state index contributed by atoms with van der Waals surface area (Å²) in [6.45, 7) is 2.76. The van der Waals surface area contributed by atoms with Crippen molar-refractivity contribution >= 4 is 28.5 Å². The number of carbonyl (C=O) groups is 1. The lowest BCUT2D eigenvalue weighted by molar-refractivity contribution is -0.00417. The van der Waals surface area contributed by atoms with Crippen LogP contribution in [0.5, 0.6) is 0 Å². The third kappa shape index (κ3) is 4.11. The molecule has 0 saturated carbocycles. The number of thioether (sulfide) groups is 1. The summed E-state index contributed by atoms with van der Waals surface area (Å²) in [7, 11) is 0. The molecule has 2 aliphatic rings. The largest absolute Gasteiger partial charge is 0.379 e. The average Bonchev–Trinajstić information content (AvgIpc) is 2.74. The zero-order valence-corrected chi connectivity index (χ0v) is 17.3. The molecule has 0 radical (unpaired) electrons. The van der Waals surface area contributed by atoms with Crippen molar-refractivity contribution in [2.24, 2.45) is 16.6 Å². The molecule has 1 saturated heterocycles. The molecule has 3 heterocycles. The number of hydrogen-bond donors (Lipinski definition) is 2. The van der Waals surface area contributed by atoms with Crippen molar-refractivity contribution < 1.29 is 22.7 Å². The van der Waals surface area contributed by atoms with E-state index in [0.717, 1.165) is 12.4 Å². The second kappa shape index (κ2) is 8.46. The lowest BCUT2D eigenvalue weighted by Crippen LogP contribution is -2.50. The number of fused-ring (bicyclic) bond motifs is 1. The number of alkyl halides is 2. The molecule has 2 aliphatic heterocycles. The molecule has 1 amide bonds. The van der Waals surface area contributed by atoms with Crippen LogP contribution >= 0.6 is 11.8 Å². The first-order valence-electron chi connectivity index (χ1n) is 9.61. The van der Waals surface area contributed by atoms with Gasteiger partial charge in [-0.15, -0.1) is 0 Å². The van der Waals surface area contributed by atoms with Gasteiger partial charge in [-0.1, -0.05) is 18.7 Å². The van der Waals surface area contributed by atoms with E-state index < -0.39 is 29.4 Å². The van der Waals surface area contributed by atoms with Gasteiger partial charge < -0.3 is 15.8 Å². The Labute approximate surface area is 180 Å². The molecule has 11 heteroatoms. The number of nitrogens with zero attached hydrogens (tertiary/aromatic N) is 3. The van der Waals surface area contributed by atoms with E-state index in [0.29, 0.717) is 23.9 Å². The zero-order chi connectivity index (χ0) is 22.2. The topological polar surface area (TPSA) is 102 Å². The van der Waals surface area contributed by atoms with E-state index in [9.17, 15) is 18.0 Å². The second-order valence-corrected chi connectivity index (χ2v) is 8.82. The smallest absolute Gasteiger partial charge is 0.281 e. The number of carbonyl (C=O) groups excluding carboxylic acids is 1. The van der Waals surface area contributed by atoms with Crippen molar-refractivity contribution in [1.82, 2.24) is 9.97 Å². The molecule has 164 valence electrons. The van der Waals surface area contributed by atoms with Gasteiger partial charge in [-0.25, -0.2) is 23.1 Å².